The maximum Gasteiger partial charge on any atom is 0.293 e. The SMILES string of the molecule is C[C@H]1CO[C@@]2(N=C(N)[C@@]3(C#N)[C@@H](c4c(Cl)cccc4Cl)[C@@]23C#N)O1. The summed E-state index contributed by atoms with van der Waals surface area (Å²) >= 11 is 12.6. The molecule has 1 spiro atoms. The lowest BCUT2D eigenvalue weighted by Gasteiger charge is -2.26. The number of nitrogens with zero attached hydrogens (tertiary/aromatic N) is 3. The summed E-state index contributed by atoms with van der Waals surface area (Å²) in [5.74, 6) is -2.26. The average molecular weight is 363 g/mol. The Morgan fingerprint density at radius 2 is 1.96 bits per heavy atom. The summed E-state index contributed by atoms with van der Waals surface area (Å²) in [6.45, 7) is 2.06. The van der Waals surface area contributed by atoms with E-state index in [0.29, 0.717) is 15.6 Å². The molecule has 0 radical (unpaired) electrons. The Morgan fingerprint density at radius 1 is 1.29 bits per heavy atom. The van der Waals surface area contributed by atoms with Gasteiger partial charge >= 0.3 is 0 Å². The van der Waals surface area contributed by atoms with Crippen molar-refractivity contribution in [2.24, 2.45) is 21.6 Å². The highest BCUT2D eigenvalue weighted by atomic mass is 35.5. The summed E-state index contributed by atoms with van der Waals surface area (Å²) in [4.78, 5) is 4.24. The fraction of sp³-hybridized carbons (Fsp3) is 0.438. The first-order valence-electron chi connectivity index (χ1n) is 7.34. The maximum absolute atomic E-state index is 10.0. The predicted molar refractivity (Wildman–Crippen MR) is 86.1 cm³/mol. The molecule has 122 valence electrons. The van der Waals surface area contributed by atoms with Crippen molar-refractivity contribution in [1.82, 2.24) is 0 Å². The summed E-state index contributed by atoms with van der Waals surface area (Å²) in [7, 11) is 0. The van der Waals surface area contributed by atoms with Gasteiger partial charge in [0.15, 0.2) is 5.41 Å². The molecule has 2 heterocycles. The smallest absolute Gasteiger partial charge is 0.293 e. The van der Waals surface area contributed by atoms with Gasteiger partial charge in [-0.05, 0) is 24.6 Å². The van der Waals surface area contributed by atoms with Gasteiger partial charge in [0.1, 0.15) is 11.3 Å². The molecule has 6 nitrogen and oxygen atoms in total. The van der Waals surface area contributed by atoms with E-state index in [1.807, 2.05) is 0 Å². The van der Waals surface area contributed by atoms with Crippen LogP contribution in [-0.4, -0.2) is 24.5 Å². The van der Waals surface area contributed by atoms with Gasteiger partial charge in [0.25, 0.3) is 5.91 Å². The van der Waals surface area contributed by atoms with Crippen LogP contribution in [0.5, 0.6) is 0 Å². The molecule has 1 saturated heterocycles. The number of halogens is 2. The standard InChI is InChI=1S/C16H12Cl2N4O2/c1-8-5-23-16(24-8)15(7-20)12(14(15,6-19)13(21)22-16)11-9(17)3-2-4-10(11)18/h2-4,8,12H,5H2,1H3,(H2,21,22)/t8-,12+,14+,15+,16+/m0/s1. The van der Waals surface area contributed by atoms with Crippen molar-refractivity contribution in [3.63, 3.8) is 0 Å². The van der Waals surface area contributed by atoms with Crippen LogP contribution in [0, 0.1) is 33.5 Å². The van der Waals surface area contributed by atoms with Gasteiger partial charge in [-0.2, -0.15) is 10.5 Å². The third kappa shape index (κ3) is 1.42. The number of amidine groups is 1. The van der Waals surface area contributed by atoms with Gasteiger partial charge in [-0.3, -0.25) is 0 Å². The van der Waals surface area contributed by atoms with Crippen molar-refractivity contribution in [1.29, 1.82) is 10.5 Å². The van der Waals surface area contributed by atoms with E-state index in [9.17, 15) is 10.5 Å². The fourth-order valence-corrected chi connectivity index (χ4v) is 4.70. The van der Waals surface area contributed by atoms with Gasteiger partial charge in [0.2, 0.25) is 0 Å². The molecule has 24 heavy (non-hydrogen) atoms. The lowest BCUT2D eigenvalue weighted by molar-refractivity contribution is -0.193. The van der Waals surface area contributed by atoms with Gasteiger partial charge in [-0.15, -0.1) is 0 Å². The number of hydrogen-bond acceptors (Lipinski definition) is 6. The minimum atomic E-state index is -1.60. The van der Waals surface area contributed by atoms with Crippen LogP contribution in [-0.2, 0) is 9.47 Å². The minimum absolute atomic E-state index is 0.0154. The number of hydrogen-bond donors (Lipinski definition) is 1. The van der Waals surface area contributed by atoms with E-state index in [1.54, 1.807) is 25.1 Å². The van der Waals surface area contributed by atoms with Crippen LogP contribution in [0.25, 0.3) is 0 Å². The van der Waals surface area contributed by atoms with Crippen molar-refractivity contribution < 1.29 is 9.47 Å². The third-order valence-electron chi connectivity index (χ3n) is 5.09. The minimum Gasteiger partial charge on any atom is -0.386 e. The monoisotopic (exact) mass is 362 g/mol. The molecular formula is C16H12Cl2N4O2. The molecular weight excluding hydrogens is 351 g/mol. The first kappa shape index (κ1) is 15.7. The van der Waals surface area contributed by atoms with Gasteiger partial charge in [0, 0.05) is 16.0 Å². The summed E-state index contributed by atoms with van der Waals surface area (Å²) in [5.41, 5.74) is 3.78. The number of aliphatic imine (C=N–C) groups is 1. The fourth-order valence-electron chi connectivity index (χ4n) is 4.08. The van der Waals surface area contributed by atoms with E-state index in [-0.39, 0.29) is 18.5 Å². The van der Waals surface area contributed by atoms with Crippen LogP contribution in [0.2, 0.25) is 10.0 Å². The van der Waals surface area contributed by atoms with E-state index in [0.717, 1.165) is 0 Å². The Kier molecular flexibility index (Phi) is 3.02. The molecule has 1 aromatic rings. The highest BCUT2D eigenvalue weighted by molar-refractivity contribution is 6.36. The molecule has 8 heteroatoms. The van der Waals surface area contributed by atoms with E-state index in [1.165, 1.54) is 0 Å². The highest BCUT2D eigenvalue weighted by Crippen LogP contribution is 2.83. The van der Waals surface area contributed by atoms with Gasteiger partial charge in [-0.25, -0.2) is 4.99 Å². The van der Waals surface area contributed by atoms with Crippen molar-refractivity contribution in [3.8, 4) is 12.1 Å². The first-order chi connectivity index (χ1) is 11.4. The second-order valence-corrected chi connectivity index (χ2v) is 7.04. The quantitative estimate of drug-likeness (QED) is 0.826. The summed E-state index contributed by atoms with van der Waals surface area (Å²) < 4.78 is 11.6. The summed E-state index contributed by atoms with van der Waals surface area (Å²) in [6.07, 6.45) is -0.274. The molecule has 2 N–H and O–H groups in total. The lowest BCUT2D eigenvalue weighted by atomic mass is 9.94. The Hall–Kier alpha value is -1.83. The van der Waals surface area contributed by atoms with E-state index >= 15 is 0 Å². The second kappa shape index (κ2) is 4.62. The molecule has 1 aromatic carbocycles. The molecule has 3 aliphatic rings. The van der Waals surface area contributed by atoms with Crippen LogP contribution in [0.3, 0.4) is 0 Å². The lowest BCUT2D eigenvalue weighted by Crippen LogP contribution is -2.39. The van der Waals surface area contributed by atoms with Crippen LogP contribution >= 0.6 is 23.2 Å². The predicted octanol–water partition coefficient (Wildman–Crippen LogP) is 2.57. The number of rotatable bonds is 1. The number of ether oxygens (including phenoxy) is 2. The summed E-state index contributed by atoms with van der Waals surface area (Å²) in [5, 5.41) is 20.7. The Bertz CT molecular complexity index is 856. The zero-order valence-electron chi connectivity index (χ0n) is 12.6. The molecule has 5 atom stereocenters. The Balaban J connectivity index is 1.98. The van der Waals surface area contributed by atoms with E-state index < -0.39 is 22.7 Å². The number of benzene rings is 1. The maximum atomic E-state index is 10.0. The van der Waals surface area contributed by atoms with Crippen molar-refractivity contribution in [2.45, 2.75) is 24.9 Å². The van der Waals surface area contributed by atoms with Crippen LogP contribution in [0.15, 0.2) is 23.2 Å². The van der Waals surface area contributed by atoms with Gasteiger partial charge < -0.3 is 15.2 Å². The average Bonchev–Trinajstić information content (AvgIpc) is 2.89. The molecule has 1 saturated carbocycles. The Labute approximate surface area is 148 Å². The van der Waals surface area contributed by atoms with E-state index in [2.05, 4.69) is 17.1 Å². The molecule has 2 fully saturated rings. The van der Waals surface area contributed by atoms with Crippen molar-refractivity contribution in [3.05, 3.63) is 33.8 Å². The van der Waals surface area contributed by atoms with Gasteiger partial charge in [0.05, 0.1) is 24.8 Å². The topological polar surface area (TPSA) is 104 Å². The first-order valence-corrected chi connectivity index (χ1v) is 8.10. The highest BCUT2D eigenvalue weighted by Gasteiger charge is 2.94. The zero-order valence-corrected chi connectivity index (χ0v) is 14.1. The molecule has 4 rings (SSSR count). The number of fused-ring (bicyclic) bond motifs is 2. The molecule has 0 amide bonds. The van der Waals surface area contributed by atoms with Crippen LogP contribution in [0.4, 0.5) is 0 Å². The largest absolute Gasteiger partial charge is 0.386 e. The van der Waals surface area contributed by atoms with E-state index in [4.69, 9.17) is 38.4 Å². The molecule has 1 aliphatic carbocycles. The zero-order chi connectivity index (χ0) is 17.3. The number of nitriles is 2. The third-order valence-corrected chi connectivity index (χ3v) is 5.75. The molecule has 2 aliphatic heterocycles. The van der Waals surface area contributed by atoms with Crippen LogP contribution in [0.1, 0.15) is 18.4 Å². The van der Waals surface area contributed by atoms with Crippen molar-refractivity contribution in [2.75, 3.05) is 6.61 Å². The molecule has 0 bridgehead atoms. The number of nitrogens with two attached hydrogens (primary N) is 1. The second-order valence-electron chi connectivity index (χ2n) is 6.23. The van der Waals surface area contributed by atoms with Crippen molar-refractivity contribution >= 4 is 29.0 Å². The van der Waals surface area contributed by atoms with Gasteiger partial charge in [-0.1, -0.05) is 29.3 Å². The Morgan fingerprint density at radius 3 is 2.46 bits per heavy atom. The summed E-state index contributed by atoms with van der Waals surface area (Å²) in [6, 6.07) is 9.39. The molecule has 0 aromatic heterocycles. The normalized spacial score (nSPS) is 42.3. The molecule has 0 unspecified atom stereocenters. The van der Waals surface area contributed by atoms with Crippen LogP contribution < -0.4 is 5.73 Å².